The fraction of sp³-hybridized carbons (Fsp3) is 0. The minimum absolute atomic E-state index is 0. The molecule has 0 aromatic rings. The van der Waals surface area contributed by atoms with Crippen molar-refractivity contribution in [3.63, 3.8) is 0 Å². The predicted octanol–water partition coefficient (Wildman–Crippen LogP) is -0.0170. The van der Waals surface area contributed by atoms with E-state index in [9.17, 15) is 0 Å². The van der Waals surface area contributed by atoms with E-state index in [4.69, 9.17) is 0 Å². The fourth-order valence-corrected chi connectivity index (χ4v) is 0. The Hall–Kier alpha value is 3.15. The van der Waals surface area contributed by atoms with E-state index in [1.165, 1.54) is 0 Å². The summed E-state index contributed by atoms with van der Waals surface area (Å²) in [6.07, 6.45) is 0. The predicted molar refractivity (Wildman–Crippen MR) is 36.8 cm³/mol. The van der Waals surface area contributed by atoms with Crippen LogP contribution in [0.4, 0.5) is 0 Å². The van der Waals surface area contributed by atoms with Crippen molar-refractivity contribution in [1.82, 2.24) is 0 Å². The molecule has 0 radical (unpaired) electrons. The zero-order chi connectivity index (χ0) is 0. The van der Waals surface area contributed by atoms with E-state index >= 15 is 0 Å². The molecule has 0 saturated carbocycles. The van der Waals surface area contributed by atoms with Gasteiger partial charge in [0.05, 0.1) is 0 Å². The van der Waals surface area contributed by atoms with Gasteiger partial charge in [0.1, 0.15) is 0 Å². The van der Waals surface area contributed by atoms with Crippen LogP contribution >= 0.6 is 0 Å². The van der Waals surface area contributed by atoms with Crippen molar-refractivity contribution in [2.45, 2.75) is 0 Å². The maximum Gasteiger partial charge on any atom is 4.00 e. The van der Waals surface area contributed by atoms with Crippen LogP contribution in [0.3, 0.4) is 0 Å². The van der Waals surface area contributed by atoms with Gasteiger partial charge in [-0.05, 0) is 0 Å². The zero-order valence-electron chi connectivity index (χ0n) is 2.95. The van der Waals surface area contributed by atoms with E-state index in [1.807, 2.05) is 0 Å². The summed E-state index contributed by atoms with van der Waals surface area (Å²) in [6, 6.07) is 0. The monoisotopic (exact) mass is 306 g/mol. The Labute approximate surface area is 109 Å². The molecule has 0 fully saturated rings. The van der Waals surface area contributed by atoms with E-state index in [0.717, 1.165) is 0 Å². The van der Waals surface area contributed by atoms with Gasteiger partial charge in [0.15, 0.2) is 0 Å². The van der Waals surface area contributed by atoms with Crippen LogP contribution in [0, 0.1) is 0 Å². The summed E-state index contributed by atoms with van der Waals surface area (Å²) in [5.41, 5.74) is 0. The molecule has 0 aliphatic rings. The van der Waals surface area contributed by atoms with E-state index in [0.29, 0.717) is 0 Å². The summed E-state index contributed by atoms with van der Waals surface area (Å²) in [6.45, 7) is 0. The van der Waals surface area contributed by atoms with Crippen LogP contribution < -0.4 is 0 Å². The number of rotatable bonds is 0. The van der Waals surface area contributed by atoms with Crippen molar-refractivity contribution >= 4 is 67.5 Å². The second-order valence-electron chi connectivity index (χ2n) is 0. The molecule has 0 amide bonds. The first-order valence-electron chi connectivity index (χ1n) is 0. The van der Waals surface area contributed by atoms with Crippen molar-refractivity contribution < 1.29 is 42.8 Å². The summed E-state index contributed by atoms with van der Waals surface area (Å²) in [5.74, 6) is 0. The first-order chi connectivity index (χ1) is 0. The first kappa shape index (κ1) is 85.6. The normalized spacial score (nSPS) is 0. The second-order valence-corrected chi connectivity index (χ2v) is 0. The molecule has 0 rings (SSSR count). The molecule has 0 unspecified atom stereocenters. The molecule has 0 bridgehead atoms. The van der Waals surface area contributed by atoms with Crippen LogP contribution in [0.15, 0.2) is 0 Å². The average molecular weight is 304 g/mol. The Morgan fingerprint density at radius 3 is 0.429 bits per heavy atom. The van der Waals surface area contributed by atoms with Crippen molar-refractivity contribution in [3.05, 3.63) is 0 Å². The molecule has 0 saturated heterocycles. The van der Waals surface area contributed by atoms with E-state index in [2.05, 4.69) is 0 Å². The molecule has 0 atom stereocenters. The van der Waals surface area contributed by atoms with E-state index in [-0.39, 0.29) is 110 Å². The Morgan fingerprint density at radius 2 is 0.429 bits per heavy atom. The van der Waals surface area contributed by atoms with E-state index < -0.39 is 0 Å². The Balaban J connectivity index is 0. The Kier molecular flexibility index (Phi) is 748. The molecule has 0 aromatic heterocycles. The third-order valence-corrected chi connectivity index (χ3v) is 0. The van der Waals surface area contributed by atoms with Gasteiger partial charge in [-0.1, -0.05) is 0 Å². The van der Waals surface area contributed by atoms with Crippen molar-refractivity contribution in [3.8, 4) is 0 Å². The molecule has 7 heavy (non-hydrogen) atoms. The Bertz CT molecular complexity index is 8.04. The van der Waals surface area contributed by atoms with Crippen molar-refractivity contribution in [1.29, 1.82) is 0 Å². The SMILES string of the molecule is [Mo].[S-2].[S-2].[S-2].[S-2].[S-2].[Ti+4]. The van der Waals surface area contributed by atoms with Crippen molar-refractivity contribution in [2.75, 3.05) is 0 Å². The minimum atomic E-state index is 0. The molecule has 0 aromatic carbocycles. The van der Waals surface area contributed by atoms with Gasteiger partial charge in [-0.2, -0.15) is 0 Å². The summed E-state index contributed by atoms with van der Waals surface area (Å²) >= 11 is 0. The van der Waals surface area contributed by atoms with Crippen LogP contribution in [0.1, 0.15) is 0 Å². The molecular weight excluding hydrogens is 304 g/mol. The standard InChI is InChI=1S/Mo.5S.Ti/q;5*-2;+4. The van der Waals surface area contributed by atoms with Gasteiger partial charge in [-0.25, -0.2) is 0 Å². The first-order valence-corrected chi connectivity index (χ1v) is 0. The van der Waals surface area contributed by atoms with Crippen molar-refractivity contribution in [2.24, 2.45) is 0 Å². The molecule has 0 spiro atoms. The molecule has 7 heteroatoms. The van der Waals surface area contributed by atoms with Gasteiger partial charge in [0.25, 0.3) is 0 Å². The summed E-state index contributed by atoms with van der Waals surface area (Å²) < 4.78 is 0. The quantitative estimate of drug-likeness (QED) is 0.552. The third-order valence-electron chi connectivity index (χ3n) is 0. The van der Waals surface area contributed by atoms with Crippen LogP contribution in [0.2, 0.25) is 0 Å². The number of hydrogen-bond acceptors (Lipinski definition) is 0. The van der Waals surface area contributed by atoms with Crippen LogP contribution in [-0.2, 0) is 110 Å². The third kappa shape index (κ3) is 47.1. The van der Waals surface area contributed by atoms with Gasteiger partial charge in [0.2, 0.25) is 0 Å². The molecule has 46 valence electrons. The Morgan fingerprint density at radius 1 is 0.429 bits per heavy atom. The molecular formula is MoS5Ti-6. The van der Waals surface area contributed by atoms with Crippen LogP contribution in [-0.4, -0.2) is 0 Å². The van der Waals surface area contributed by atoms with Gasteiger partial charge in [-0.15, -0.1) is 0 Å². The maximum atomic E-state index is 0. The fourth-order valence-electron chi connectivity index (χ4n) is 0. The largest absolute Gasteiger partial charge is 4.00 e. The number of hydrogen-bond donors (Lipinski definition) is 0. The summed E-state index contributed by atoms with van der Waals surface area (Å²) in [4.78, 5) is 0. The molecule has 0 nitrogen and oxygen atoms in total. The minimum Gasteiger partial charge on any atom is -2.00 e. The average Bonchev–Trinajstić information content (AvgIpc) is 0. The van der Waals surface area contributed by atoms with Gasteiger partial charge in [-0.3, -0.25) is 0 Å². The van der Waals surface area contributed by atoms with Gasteiger partial charge < -0.3 is 67.5 Å². The molecule has 0 heterocycles. The molecule has 0 aliphatic heterocycles. The smallest absolute Gasteiger partial charge is 2.00 e. The zero-order valence-corrected chi connectivity index (χ0v) is 10.6. The van der Waals surface area contributed by atoms with E-state index in [1.54, 1.807) is 0 Å². The molecule has 0 N–H and O–H groups in total. The summed E-state index contributed by atoms with van der Waals surface area (Å²) in [5, 5.41) is 0. The topological polar surface area (TPSA) is 0 Å². The van der Waals surface area contributed by atoms with Crippen LogP contribution in [0.5, 0.6) is 0 Å². The second kappa shape index (κ2) is 61.2. The summed E-state index contributed by atoms with van der Waals surface area (Å²) in [7, 11) is 0. The van der Waals surface area contributed by atoms with Crippen LogP contribution in [0.25, 0.3) is 0 Å². The maximum absolute atomic E-state index is 0. The molecule has 0 aliphatic carbocycles. The van der Waals surface area contributed by atoms with Gasteiger partial charge in [0, 0.05) is 21.1 Å². The van der Waals surface area contributed by atoms with Gasteiger partial charge >= 0.3 is 21.7 Å².